The molecule has 2 heterocycles. The Kier molecular flexibility index (Phi) is 3.18. The number of aryl methyl sites for hydroxylation is 1. The summed E-state index contributed by atoms with van der Waals surface area (Å²) in [5.41, 5.74) is 5.32. The number of benzene rings is 1. The van der Waals surface area contributed by atoms with Gasteiger partial charge in [-0.1, -0.05) is 12.1 Å². The molecule has 1 fully saturated rings. The molecule has 1 aliphatic heterocycles. The second kappa shape index (κ2) is 5.09. The van der Waals surface area contributed by atoms with Crippen LogP contribution in [0.4, 0.5) is 11.4 Å². The van der Waals surface area contributed by atoms with Gasteiger partial charge in [0.05, 0.1) is 17.1 Å². The molecule has 1 saturated carbocycles. The van der Waals surface area contributed by atoms with Crippen molar-refractivity contribution >= 4 is 22.5 Å². The molecule has 0 amide bonds. The number of nitrogens with zero attached hydrogens (tertiary/aromatic N) is 3. The molecule has 0 radical (unpaired) electrons. The van der Waals surface area contributed by atoms with Gasteiger partial charge in [0.15, 0.2) is 0 Å². The molecule has 2 aliphatic rings. The summed E-state index contributed by atoms with van der Waals surface area (Å²) in [7, 11) is 1.90. The molecule has 0 saturated heterocycles. The van der Waals surface area contributed by atoms with Gasteiger partial charge in [0.1, 0.15) is 0 Å². The molecule has 1 unspecified atom stereocenters. The molecule has 0 spiro atoms. The van der Waals surface area contributed by atoms with Crippen molar-refractivity contribution < 1.29 is 4.21 Å². The van der Waals surface area contributed by atoms with Gasteiger partial charge in [-0.3, -0.25) is 13.6 Å². The maximum Gasteiger partial charge on any atom is 0.225 e. The quantitative estimate of drug-likeness (QED) is 0.872. The van der Waals surface area contributed by atoms with Crippen molar-refractivity contribution in [3.05, 3.63) is 42.1 Å². The first-order valence-corrected chi connectivity index (χ1v) is 8.71. The number of hydrogen-bond donors (Lipinski definition) is 0. The number of anilines is 2. The molecule has 4 nitrogen and oxygen atoms in total. The Bertz CT molecular complexity index is 757. The van der Waals surface area contributed by atoms with E-state index in [2.05, 4.69) is 36.2 Å². The fraction of sp³-hybridized carbons (Fsp3) is 0.353. The Morgan fingerprint density at radius 3 is 2.82 bits per heavy atom. The van der Waals surface area contributed by atoms with Crippen LogP contribution in [0.5, 0.6) is 0 Å². The topological polar surface area (TPSA) is 36.4 Å². The van der Waals surface area contributed by atoms with Crippen LogP contribution in [-0.2, 0) is 11.2 Å². The molecule has 0 bridgehead atoms. The molecule has 22 heavy (non-hydrogen) atoms. The lowest BCUT2D eigenvalue weighted by molar-refractivity contribution is 0.677. The SMILES string of the molecule is Cc1cccnc1-c1ccc2c(c1)N(C)S(=O)N2CC1CC1. The third-order valence-electron chi connectivity index (χ3n) is 4.41. The normalized spacial score (nSPS) is 20.4. The van der Waals surface area contributed by atoms with Crippen LogP contribution in [0.3, 0.4) is 0 Å². The van der Waals surface area contributed by atoms with Crippen molar-refractivity contribution in [2.45, 2.75) is 19.8 Å². The molecular weight excluding hydrogens is 294 g/mol. The van der Waals surface area contributed by atoms with Crippen LogP contribution in [0.2, 0.25) is 0 Å². The molecule has 114 valence electrons. The largest absolute Gasteiger partial charge is 0.275 e. The zero-order chi connectivity index (χ0) is 15.3. The van der Waals surface area contributed by atoms with Crippen molar-refractivity contribution in [1.29, 1.82) is 0 Å². The molecule has 1 aromatic heterocycles. The molecule has 1 aromatic carbocycles. The maximum atomic E-state index is 12.6. The van der Waals surface area contributed by atoms with Crippen molar-refractivity contribution in [3.8, 4) is 11.3 Å². The van der Waals surface area contributed by atoms with Crippen LogP contribution in [0.25, 0.3) is 11.3 Å². The van der Waals surface area contributed by atoms with Gasteiger partial charge in [-0.25, -0.2) is 4.21 Å². The van der Waals surface area contributed by atoms with E-state index in [0.29, 0.717) is 5.92 Å². The Hall–Kier alpha value is -1.88. The average molecular weight is 313 g/mol. The molecule has 1 aliphatic carbocycles. The Balaban J connectivity index is 1.75. The smallest absolute Gasteiger partial charge is 0.225 e. The monoisotopic (exact) mass is 313 g/mol. The lowest BCUT2D eigenvalue weighted by Crippen LogP contribution is -2.30. The molecule has 2 aromatic rings. The summed E-state index contributed by atoms with van der Waals surface area (Å²) in [4.78, 5) is 4.49. The summed E-state index contributed by atoms with van der Waals surface area (Å²) in [6.45, 7) is 2.96. The van der Waals surface area contributed by atoms with Crippen molar-refractivity contribution in [1.82, 2.24) is 4.98 Å². The van der Waals surface area contributed by atoms with E-state index in [-0.39, 0.29) is 0 Å². The fourth-order valence-corrected chi connectivity index (χ4v) is 4.21. The second-order valence-electron chi connectivity index (χ2n) is 6.11. The van der Waals surface area contributed by atoms with Crippen LogP contribution < -0.4 is 8.61 Å². The van der Waals surface area contributed by atoms with Gasteiger partial charge in [-0.15, -0.1) is 0 Å². The zero-order valence-corrected chi connectivity index (χ0v) is 13.6. The molecule has 4 rings (SSSR count). The summed E-state index contributed by atoms with van der Waals surface area (Å²) >= 11 is -1.11. The highest BCUT2D eigenvalue weighted by atomic mass is 32.2. The van der Waals surface area contributed by atoms with Crippen molar-refractivity contribution in [3.63, 3.8) is 0 Å². The van der Waals surface area contributed by atoms with Crippen LogP contribution in [0.15, 0.2) is 36.5 Å². The zero-order valence-electron chi connectivity index (χ0n) is 12.8. The second-order valence-corrected chi connectivity index (χ2v) is 7.55. The number of hydrogen-bond acceptors (Lipinski definition) is 2. The highest BCUT2D eigenvalue weighted by Gasteiger charge is 2.35. The Morgan fingerprint density at radius 2 is 2.09 bits per heavy atom. The minimum atomic E-state index is -1.11. The molecule has 0 N–H and O–H groups in total. The van der Waals surface area contributed by atoms with E-state index in [1.807, 2.05) is 27.9 Å². The number of rotatable bonds is 3. The van der Waals surface area contributed by atoms with Crippen molar-refractivity contribution in [2.24, 2.45) is 5.92 Å². The van der Waals surface area contributed by atoms with E-state index in [0.717, 1.165) is 34.7 Å². The van der Waals surface area contributed by atoms with Gasteiger partial charge in [0.2, 0.25) is 11.2 Å². The molecule has 5 heteroatoms. The highest BCUT2D eigenvalue weighted by Crippen LogP contribution is 2.43. The lowest BCUT2D eigenvalue weighted by atomic mass is 10.1. The summed E-state index contributed by atoms with van der Waals surface area (Å²) in [5, 5.41) is 0. The van der Waals surface area contributed by atoms with Crippen LogP contribution in [-0.4, -0.2) is 22.8 Å². The van der Waals surface area contributed by atoms with E-state index in [1.54, 1.807) is 0 Å². The van der Waals surface area contributed by atoms with Crippen LogP contribution in [0, 0.1) is 12.8 Å². The fourth-order valence-electron chi connectivity index (χ4n) is 2.93. The summed E-state index contributed by atoms with van der Waals surface area (Å²) in [5.74, 6) is 0.709. The summed E-state index contributed by atoms with van der Waals surface area (Å²) in [6.07, 6.45) is 4.34. The van der Waals surface area contributed by atoms with Gasteiger partial charge >= 0.3 is 0 Å². The highest BCUT2D eigenvalue weighted by molar-refractivity contribution is 7.88. The van der Waals surface area contributed by atoms with Crippen LogP contribution >= 0.6 is 0 Å². The van der Waals surface area contributed by atoms with Gasteiger partial charge in [0, 0.05) is 25.4 Å². The van der Waals surface area contributed by atoms with Crippen molar-refractivity contribution in [2.75, 3.05) is 22.2 Å². The van der Waals surface area contributed by atoms with E-state index < -0.39 is 11.2 Å². The van der Waals surface area contributed by atoms with E-state index in [9.17, 15) is 4.21 Å². The maximum absolute atomic E-state index is 12.6. The third kappa shape index (κ3) is 2.20. The molecule has 1 atom stereocenters. The van der Waals surface area contributed by atoms with Gasteiger partial charge in [-0.05, 0) is 49.4 Å². The lowest BCUT2D eigenvalue weighted by Gasteiger charge is -2.16. The van der Waals surface area contributed by atoms with E-state index in [4.69, 9.17) is 0 Å². The third-order valence-corrected chi connectivity index (χ3v) is 5.80. The number of pyridine rings is 1. The minimum absolute atomic E-state index is 0.709. The first-order chi connectivity index (χ1) is 10.6. The number of aromatic nitrogens is 1. The summed E-state index contributed by atoms with van der Waals surface area (Å²) < 4.78 is 16.5. The standard InChI is InChI=1S/C17H19N3OS/c1-12-4-3-9-18-17(12)14-7-8-15-16(10-14)19(2)22(21)20(15)11-13-5-6-13/h3-4,7-10,13H,5-6,11H2,1-2H3. The molecular formula is C17H19N3OS. The Labute approximate surface area is 133 Å². The predicted molar refractivity (Wildman–Crippen MR) is 91.0 cm³/mol. The first-order valence-electron chi connectivity index (χ1n) is 7.64. The number of fused-ring (bicyclic) bond motifs is 1. The van der Waals surface area contributed by atoms with Gasteiger partial charge in [0.25, 0.3) is 0 Å². The summed E-state index contributed by atoms with van der Waals surface area (Å²) in [6, 6.07) is 10.3. The van der Waals surface area contributed by atoms with Gasteiger partial charge < -0.3 is 0 Å². The predicted octanol–water partition coefficient (Wildman–Crippen LogP) is 3.30. The minimum Gasteiger partial charge on any atom is -0.275 e. The Morgan fingerprint density at radius 1 is 1.27 bits per heavy atom. The van der Waals surface area contributed by atoms with E-state index in [1.165, 1.54) is 12.8 Å². The first kappa shape index (κ1) is 13.8. The van der Waals surface area contributed by atoms with Crippen LogP contribution in [0.1, 0.15) is 18.4 Å². The van der Waals surface area contributed by atoms with E-state index >= 15 is 0 Å². The van der Waals surface area contributed by atoms with Gasteiger partial charge in [-0.2, -0.15) is 0 Å². The average Bonchev–Trinajstić information content (AvgIpc) is 3.32.